The van der Waals surface area contributed by atoms with E-state index in [2.05, 4.69) is 31.2 Å². The molecule has 0 aromatic heterocycles. The van der Waals surface area contributed by atoms with Crippen LogP contribution in [0.3, 0.4) is 0 Å². The molecule has 1 aromatic carbocycles. The molecule has 2 aliphatic carbocycles. The molecule has 2 saturated carbocycles. The van der Waals surface area contributed by atoms with Gasteiger partial charge in [0.1, 0.15) is 0 Å². The largest absolute Gasteiger partial charge is 0.327 e. The second kappa shape index (κ2) is 5.26. The number of fused-ring (bicyclic) bond motifs is 2. The highest BCUT2D eigenvalue weighted by molar-refractivity contribution is 7.99. The first-order valence-corrected chi connectivity index (χ1v) is 8.16. The van der Waals surface area contributed by atoms with Crippen molar-refractivity contribution >= 4 is 11.8 Å². The van der Waals surface area contributed by atoms with Gasteiger partial charge in [0.15, 0.2) is 0 Å². The quantitative estimate of drug-likeness (QED) is 0.833. The van der Waals surface area contributed by atoms with Crippen LogP contribution in [0.25, 0.3) is 0 Å². The molecule has 0 heterocycles. The van der Waals surface area contributed by atoms with Crippen molar-refractivity contribution in [1.82, 2.24) is 0 Å². The fraction of sp³-hybridized carbons (Fsp3) is 0.625. The summed E-state index contributed by atoms with van der Waals surface area (Å²) in [5.74, 6) is 3.84. The molecule has 2 aliphatic rings. The Morgan fingerprint density at radius 2 is 2.11 bits per heavy atom. The van der Waals surface area contributed by atoms with Crippen LogP contribution in [-0.4, -0.2) is 11.8 Å². The van der Waals surface area contributed by atoms with Crippen LogP contribution >= 0.6 is 11.8 Å². The summed E-state index contributed by atoms with van der Waals surface area (Å²) >= 11 is 1.94. The molecule has 18 heavy (non-hydrogen) atoms. The van der Waals surface area contributed by atoms with E-state index >= 15 is 0 Å². The van der Waals surface area contributed by atoms with E-state index in [1.165, 1.54) is 36.1 Å². The minimum Gasteiger partial charge on any atom is -0.327 e. The minimum atomic E-state index is 0.393. The van der Waals surface area contributed by atoms with Crippen LogP contribution < -0.4 is 5.73 Å². The molecule has 0 amide bonds. The van der Waals surface area contributed by atoms with Crippen molar-refractivity contribution < 1.29 is 0 Å². The lowest BCUT2D eigenvalue weighted by Crippen LogP contribution is -2.35. The first kappa shape index (κ1) is 12.6. The van der Waals surface area contributed by atoms with Crippen LogP contribution in [0.2, 0.25) is 0 Å². The Labute approximate surface area is 115 Å². The lowest BCUT2D eigenvalue weighted by Gasteiger charge is -2.27. The normalized spacial score (nSPS) is 31.8. The molecule has 0 saturated heterocycles. The second-order valence-corrected chi connectivity index (χ2v) is 7.14. The summed E-state index contributed by atoms with van der Waals surface area (Å²) in [6, 6.07) is 9.02. The van der Waals surface area contributed by atoms with E-state index in [9.17, 15) is 0 Å². The van der Waals surface area contributed by atoms with Gasteiger partial charge in [-0.05, 0) is 55.6 Å². The highest BCUT2D eigenvalue weighted by Crippen LogP contribution is 2.49. The smallest absolute Gasteiger partial charge is 0.0165 e. The Balaban J connectivity index is 1.56. The van der Waals surface area contributed by atoms with E-state index in [1.54, 1.807) is 0 Å². The standard InChI is InChI=1S/C16H23NS/c1-11-4-2-3-5-16(11)18-10-15(17)14-9-12-6-7-13(14)8-12/h2-5,12-15H,6-10,17H2,1H3. The molecule has 2 heteroatoms. The molecule has 3 rings (SSSR count). The molecule has 0 radical (unpaired) electrons. The molecule has 1 aromatic rings. The van der Waals surface area contributed by atoms with Gasteiger partial charge in [-0.25, -0.2) is 0 Å². The summed E-state index contributed by atoms with van der Waals surface area (Å²) in [5, 5.41) is 0. The van der Waals surface area contributed by atoms with Gasteiger partial charge in [0.2, 0.25) is 0 Å². The highest BCUT2D eigenvalue weighted by atomic mass is 32.2. The minimum absolute atomic E-state index is 0.393. The summed E-state index contributed by atoms with van der Waals surface area (Å²) in [6.45, 7) is 2.19. The first-order chi connectivity index (χ1) is 8.74. The summed E-state index contributed by atoms with van der Waals surface area (Å²) in [5.41, 5.74) is 7.82. The number of hydrogen-bond acceptors (Lipinski definition) is 2. The van der Waals surface area contributed by atoms with Crippen molar-refractivity contribution in [1.29, 1.82) is 0 Å². The SMILES string of the molecule is Cc1ccccc1SCC(N)C1CC2CCC1C2. The molecule has 0 aliphatic heterocycles. The van der Waals surface area contributed by atoms with Gasteiger partial charge in [-0.2, -0.15) is 0 Å². The number of benzene rings is 1. The lowest BCUT2D eigenvalue weighted by atomic mass is 9.84. The van der Waals surface area contributed by atoms with Crippen molar-refractivity contribution in [2.75, 3.05) is 5.75 Å². The van der Waals surface area contributed by atoms with Gasteiger partial charge in [0.05, 0.1) is 0 Å². The molecular weight excluding hydrogens is 238 g/mol. The topological polar surface area (TPSA) is 26.0 Å². The maximum Gasteiger partial charge on any atom is 0.0165 e. The number of aryl methyl sites for hydroxylation is 1. The van der Waals surface area contributed by atoms with Gasteiger partial charge in [-0.3, -0.25) is 0 Å². The molecule has 0 spiro atoms. The number of nitrogens with two attached hydrogens (primary N) is 1. The molecule has 2 bridgehead atoms. The van der Waals surface area contributed by atoms with E-state index in [4.69, 9.17) is 5.73 Å². The molecule has 4 unspecified atom stereocenters. The number of hydrogen-bond donors (Lipinski definition) is 1. The van der Waals surface area contributed by atoms with Gasteiger partial charge >= 0.3 is 0 Å². The second-order valence-electron chi connectivity index (χ2n) is 6.08. The van der Waals surface area contributed by atoms with Crippen LogP contribution in [0.5, 0.6) is 0 Å². The number of rotatable bonds is 4. The van der Waals surface area contributed by atoms with E-state index < -0.39 is 0 Å². The summed E-state index contributed by atoms with van der Waals surface area (Å²) in [7, 11) is 0. The van der Waals surface area contributed by atoms with Crippen LogP contribution in [0.15, 0.2) is 29.2 Å². The fourth-order valence-electron chi connectivity index (χ4n) is 3.85. The molecule has 98 valence electrons. The van der Waals surface area contributed by atoms with Crippen LogP contribution in [0, 0.1) is 24.7 Å². The molecular formula is C16H23NS. The highest BCUT2D eigenvalue weighted by Gasteiger charge is 2.41. The van der Waals surface area contributed by atoms with Crippen molar-refractivity contribution in [3.63, 3.8) is 0 Å². The van der Waals surface area contributed by atoms with Crippen LogP contribution in [0.4, 0.5) is 0 Å². The molecule has 4 atom stereocenters. The third kappa shape index (κ3) is 2.46. The Morgan fingerprint density at radius 3 is 2.78 bits per heavy atom. The third-order valence-corrected chi connectivity index (χ3v) is 6.19. The zero-order valence-electron chi connectivity index (χ0n) is 11.1. The Bertz CT molecular complexity index is 417. The average molecular weight is 261 g/mol. The van der Waals surface area contributed by atoms with Gasteiger partial charge in [0, 0.05) is 16.7 Å². The Kier molecular flexibility index (Phi) is 3.67. The third-order valence-electron chi connectivity index (χ3n) is 4.87. The Hall–Kier alpha value is -0.470. The van der Waals surface area contributed by atoms with Gasteiger partial charge in [-0.1, -0.05) is 24.6 Å². The van der Waals surface area contributed by atoms with E-state index in [-0.39, 0.29) is 0 Å². The number of thioether (sulfide) groups is 1. The zero-order chi connectivity index (χ0) is 12.5. The average Bonchev–Trinajstić information content (AvgIpc) is 2.99. The summed E-state index contributed by atoms with van der Waals surface area (Å²) in [4.78, 5) is 1.40. The lowest BCUT2D eigenvalue weighted by molar-refractivity contribution is 0.295. The maximum atomic E-state index is 6.44. The van der Waals surface area contributed by atoms with Crippen molar-refractivity contribution in [2.24, 2.45) is 23.5 Å². The monoisotopic (exact) mass is 261 g/mol. The van der Waals surface area contributed by atoms with Gasteiger partial charge < -0.3 is 5.73 Å². The van der Waals surface area contributed by atoms with Crippen molar-refractivity contribution in [3.8, 4) is 0 Å². The first-order valence-electron chi connectivity index (χ1n) is 7.18. The van der Waals surface area contributed by atoms with Gasteiger partial charge in [-0.15, -0.1) is 11.8 Å². The van der Waals surface area contributed by atoms with Crippen LogP contribution in [0.1, 0.15) is 31.2 Å². The van der Waals surface area contributed by atoms with Crippen LogP contribution in [-0.2, 0) is 0 Å². The molecule has 2 fully saturated rings. The Morgan fingerprint density at radius 1 is 1.28 bits per heavy atom. The fourth-order valence-corrected chi connectivity index (χ4v) is 4.94. The van der Waals surface area contributed by atoms with E-state index in [0.29, 0.717) is 6.04 Å². The molecule has 1 nitrogen and oxygen atoms in total. The summed E-state index contributed by atoms with van der Waals surface area (Å²) < 4.78 is 0. The van der Waals surface area contributed by atoms with Crippen molar-refractivity contribution in [3.05, 3.63) is 29.8 Å². The predicted molar refractivity (Wildman–Crippen MR) is 78.8 cm³/mol. The summed E-state index contributed by atoms with van der Waals surface area (Å²) in [6.07, 6.45) is 5.78. The van der Waals surface area contributed by atoms with E-state index in [1.807, 2.05) is 11.8 Å². The molecule has 2 N–H and O–H groups in total. The maximum absolute atomic E-state index is 6.44. The van der Waals surface area contributed by atoms with Crippen molar-refractivity contribution in [2.45, 2.75) is 43.5 Å². The van der Waals surface area contributed by atoms with E-state index in [0.717, 1.165) is 23.5 Å². The zero-order valence-corrected chi connectivity index (χ0v) is 12.0. The van der Waals surface area contributed by atoms with Gasteiger partial charge in [0.25, 0.3) is 0 Å². The predicted octanol–water partition coefficient (Wildman–Crippen LogP) is 3.85.